The van der Waals surface area contributed by atoms with Crippen LogP contribution in [0.15, 0.2) is 28.7 Å². The molecule has 0 aromatic heterocycles. The summed E-state index contributed by atoms with van der Waals surface area (Å²) in [6, 6.07) is 8.49. The average Bonchev–Trinajstić information content (AvgIpc) is 2.01. The minimum Gasteiger partial charge on any atom is -0.324 e. The second-order valence-corrected chi connectivity index (χ2v) is 4.59. The van der Waals surface area contributed by atoms with E-state index in [0.717, 1.165) is 4.47 Å². The fraction of sp³-hybridized carbons (Fsp3) is 0.455. The lowest BCUT2D eigenvalue weighted by Crippen LogP contribution is -2.27. The molecular formula is C11H14BrN. The highest BCUT2D eigenvalue weighted by molar-refractivity contribution is 9.10. The summed E-state index contributed by atoms with van der Waals surface area (Å²) in [5.74, 6) is 0.707. The molecule has 1 aromatic rings. The summed E-state index contributed by atoms with van der Waals surface area (Å²) < 4.78 is 1.15. The SMILES string of the molecule is N[C@H](c1ccccc1Br)C1CCC1. The third kappa shape index (κ3) is 1.79. The van der Waals surface area contributed by atoms with Gasteiger partial charge in [0.25, 0.3) is 0 Å². The molecule has 13 heavy (non-hydrogen) atoms. The van der Waals surface area contributed by atoms with E-state index in [1.54, 1.807) is 0 Å². The van der Waals surface area contributed by atoms with Crippen molar-refractivity contribution in [3.8, 4) is 0 Å². The number of nitrogens with two attached hydrogens (primary N) is 1. The first-order valence-corrected chi connectivity index (χ1v) is 5.58. The molecule has 1 nitrogen and oxygen atoms in total. The van der Waals surface area contributed by atoms with E-state index in [-0.39, 0.29) is 6.04 Å². The summed E-state index contributed by atoms with van der Waals surface area (Å²) in [6.07, 6.45) is 3.94. The Labute approximate surface area is 87.5 Å². The Morgan fingerprint density at radius 3 is 2.54 bits per heavy atom. The number of hydrogen-bond donors (Lipinski definition) is 1. The van der Waals surface area contributed by atoms with E-state index >= 15 is 0 Å². The summed E-state index contributed by atoms with van der Waals surface area (Å²) in [5.41, 5.74) is 7.43. The molecule has 1 aliphatic rings. The van der Waals surface area contributed by atoms with Gasteiger partial charge in [-0.05, 0) is 30.4 Å². The standard InChI is InChI=1S/C11H14BrN/c12-10-7-2-1-6-9(10)11(13)8-4-3-5-8/h1-2,6-8,11H,3-5,13H2/t11-/m0/s1. The second-order valence-electron chi connectivity index (χ2n) is 3.74. The predicted octanol–water partition coefficient (Wildman–Crippen LogP) is 3.25. The molecule has 0 spiro atoms. The Morgan fingerprint density at radius 1 is 1.31 bits per heavy atom. The molecule has 2 heteroatoms. The van der Waals surface area contributed by atoms with E-state index in [1.165, 1.54) is 24.8 Å². The van der Waals surface area contributed by atoms with Crippen molar-refractivity contribution in [1.82, 2.24) is 0 Å². The van der Waals surface area contributed by atoms with Gasteiger partial charge in [0.15, 0.2) is 0 Å². The summed E-state index contributed by atoms with van der Waals surface area (Å²) in [7, 11) is 0. The first kappa shape index (κ1) is 9.22. The summed E-state index contributed by atoms with van der Waals surface area (Å²) >= 11 is 3.54. The zero-order valence-electron chi connectivity index (χ0n) is 7.54. The normalized spacial score (nSPS) is 19.5. The molecular weight excluding hydrogens is 226 g/mol. The summed E-state index contributed by atoms with van der Waals surface area (Å²) in [5, 5.41) is 0. The predicted molar refractivity (Wildman–Crippen MR) is 58.4 cm³/mol. The topological polar surface area (TPSA) is 26.0 Å². The Morgan fingerprint density at radius 2 is 2.00 bits per heavy atom. The van der Waals surface area contributed by atoms with Crippen LogP contribution in [0.25, 0.3) is 0 Å². The largest absolute Gasteiger partial charge is 0.324 e. The fourth-order valence-corrected chi connectivity index (χ4v) is 2.35. The number of halogens is 1. The Kier molecular flexibility index (Phi) is 2.70. The minimum atomic E-state index is 0.226. The van der Waals surface area contributed by atoms with Crippen molar-refractivity contribution in [2.45, 2.75) is 25.3 Å². The molecule has 0 saturated heterocycles. The van der Waals surface area contributed by atoms with Crippen LogP contribution in [0.1, 0.15) is 30.9 Å². The van der Waals surface area contributed by atoms with E-state index in [0.29, 0.717) is 5.92 Å². The minimum absolute atomic E-state index is 0.226. The van der Waals surface area contributed by atoms with Crippen LogP contribution >= 0.6 is 15.9 Å². The molecule has 0 heterocycles. The third-order valence-corrected chi connectivity index (χ3v) is 3.64. The van der Waals surface area contributed by atoms with Gasteiger partial charge in [-0.15, -0.1) is 0 Å². The van der Waals surface area contributed by atoms with Gasteiger partial charge in [-0.2, -0.15) is 0 Å². The quantitative estimate of drug-likeness (QED) is 0.843. The van der Waals surface area contributed by atoms with Crippen molar-refractivity contribution in [3.63, 3.8) is 0 Å². The summed E-state index contributed by atoms with van der Waals surface area (Å²) in [4.78, 5) is 0. The molecule has 2 N–H and O–H groups in total. The van der Waals surface area contributed by atoms with Gasteiger partial charge in [-0.25, -0.2) is 0 Å². The molecule has 0 aliphatic heterocycles. The number of benzene rings is 1. The smallest absolute Gasteiger partial charge is 0.0334 e. The number of hydrogen-bond acceptors (Lipinski definition) is 1. The molecule has 0 unspecified atom stereocenters. The Balaban J connectivity index is 2.18. The molecule has 70 valence electrons. The lowest BCUT2D eigenvalue weighted by molar-refractivity contribution is 0.264. The summed E-state index contributed by atoms with van der Waals surface area (Å²) in [6.45, 7) is 0. The van der Waals surface area contributed by atoms with Crippen LogP contribution in [0.2, 0.25) is 0 Å². The molecule has 0 amide bonds. The van der Waals surface area contributed by atoms with Crippen LogP contribution in [0.5, 0.6) is 0 Å². The fourth-order valence-electron chi connectivity index (χ4n) is 1.80. The first-order chi connectivity index (χ1) is 6.29. The van der Waals surface area contributed by atoms with Crippen molar-refractivity contribution < 1.29 is 0 Å². The van der Waals surface area contributed by atoms with Gasteiger partial charge in [0.1, 0.15) is 0 Å². The second kappa shape index (κ2) is 3.81. The van der Waals surface area contributed by atoms with Crippen LogP contribution in [-0.2, 0) is 0 Å². The van der Waals surface area contributed by atoms with E-state index < -0.39 is 0 Å². The van der Waals surface area contributed by atoms with Gasteiger partial charge in [0.2, 0.25) is 0 Å². The molecule has 1 fully saturated rings. The van der Waals surface area contributed by atoms with Gasteiger partial charge >= 0.3 is 0 Å². The molecule has 0 radical (unpaired) electrons. The molecule has 1 aliphatic carbocycles. The van der Waals surface area contributed by atoms with Gasteiger partial charge in [-0.3, -0.25) is 0 Å². The van der Waals surface area contributed by atoms with E-state index in [4.69, 9.17) is 5.73 Å². The molecule has 0 bridgehead atoms. The van der Waals surface area contributed by atoms with Gasteiger partial charge < -0.3 is 5.73 Å². The monoisotopic (exact) mass is 239 g/mol. The molecule has 2 rings (SSSR count). The van der Waals surface area contributed by atoms with Crippen molar-refractivity contribution in [3.05, 3.63) is 34.3 Å². The van der Waals surface area contributed by atoms with Gasteiger partial charge in [0.05, 0.1) is 0 Å². The highest BCUT2D eigenvalue weighted by Gasteiger charge is 2.26. The Hall–Kier alpha value is -0.340. The van der Waals surface area contributed by atoms with Crippen LogP contribution in [0.3, 0.4) is 0 Å². The van der Waals surface area contributed by atoms with Crippen LogP contribution < -0.4 is 5.73 Å². The van der Waals surface area contributed by atoms with Crippen LogP contribution in [-0.4, -0.2) is 0 Å². The first-order valence-electron chi connectivity index (χ1n) is 4.79. The molecule has 1 saturated carbocycles. The van der Waals surface area contributed by atoms with Crippen molar-refractivity contribution in [2.75, 3.05) is 0 Å². The van der Waals surface area contributed by atoms with Crippen molar-refractivity contribution >= 4 is 15.9 Å². The Bertz CT molecular complexity index is 294. The van der Waals surface area contributed by atoms with Crippen molar-refractivity contribution in [2.24, 2.45) is 11.7 Å². The van der Waals surface area contributed by atoms with Gasteiger partial charge in [0, 0.05) is 10.5 Å². The zero-order chi connectivity index (χ0) is 9.26. The van der Waals surface area contributed by atoms with Crippen LogP contribution in [0.4, 0.5) is 0 Å². The van der Waals surface area contributed by atoms with E-state index in [2.05, 4.69) is 34.1 Å². The highest BCUT2D eigenvalue weighted by Crippen LogP contribution is 2.38. The van der Waals surface area contributed by atoms with Gasteiger partial charge in [-0.1, -0.05) is 40.5 Å². The number of rotatable bonds is 2. The third-order valence-electron chi connectivity index (χ3n) is 2.92. The zero-order valence-corrected chi connectivity index (χ0v) is 9.13. The molecule has 1 aromatic carbocycles. The maximum atomic E-state index is 6.17. The van der Waals surface area contributed by atoms with E-state index in [1.807, 2.05) is 6.07 Å². The lowest BCUT2D eigenvalue weighted by Gasteiger charge is -2.31. The average molecular weight is 240 g/mol. The van der Waals surface area contributed by atoms with Crippen molar-refractivity contribution in [1.29, 1.82) is 0 Å². The maximum Gasteiger partial charge on any atom is 0.0334 e. The molecule has 1 atom stereocenters. The highest BCUT2D eigenvalue weighted by atomic mass is 79.9. The van der Waals surface area contributed by atoms with E-state index in [9.17, 15) is 0 Å². The lowest BCUT2D eigenvalue weighted by atomic mass is 9.78. The van der Waals surface area contributed by atoms with Crippen LogP contribution in [0, 0.1) is 5.92 Å². The maximum absolute atomic E-state index is 6.17.